The van der Waals surface area contributed by atoms with E-state index in [-0.39, 0.29) is 0 Å². The van der Waals surface area contributed by atoms with Gasteiger partial charge in [0.05, 0.1) is 10.6 Å². The van der Waals surface area contributed by atoms with Crippen LogP contribution in [-0.4, -0.2) is 11.3 Å². The molecule has 0 saturated carbocycles. The number of nitrogens with one attached hydrogen (secondary N) is 1. The lowest BCUT2D eigenvalue weighted by atomic mass is 10.2. The van der Waals surface area contributed by atoms with E-state index in [0.29, 0.717) is 12.1 Å². The zero-order valence-corrected chi connectivity index (χ0v) is 11.2. The summed E-state index contributed by atoms with van der Waals surface area (Å²) in [4.78, 5) is 9.31. The Hall–Kier alpha value is -3.85. The number of rotatable bonds is 4. The first-order chi connectivity index (χ1) is 11.1. The van der Waals surface area contributed by atoms with Gasteiger partial charge in [-0.15, -0.1) is 13.2 Å². The maximum atomic E-state index is 13.9. The average molecular weight is 341 g/mol. The first kappa shape index (κ1) is 18.2. The molecule has 0 saturated heterocycles. The maximum Gasteiger partial charge on any atom is 0.573 e. The molecule has 0 amide bonds. The molecular formula is C12H3F4N5O3. The van der Waals surface area contributed by atoms with Gasteiger partial charge in [0, 0.05) is 6.07 Å². The molecule has 0 aromatic heterocycles. The van der Waals surface area contributed by atoms with Gasteiger partial charge < -0.3 is 10.1 Å². The van der Waals surface area contributed by atoms with Crippen LogP contribution in [-0.2, 0) is 0 Å². The largest absolute Gasteiger partial charge is 0.573 e. The standard InChI is InChI=1S/C12H3F4N5O3/c13-10-9(21(22)23)2-1-7(11(10)24-12(14,15)16)20-8(5-19)6(3-17)4-18/h1-2,20H. The predicted octanol–water partition coefficient (Wildman–Crippen LogP) is 2.87. The Morgan fingerprint density at radius 3 is 2.21 bits per heavy atom. The highest BCUT2D eigenvalue weighted by molar-refractivity contribution is 5.67. The fourth-order valence-corrected chi connectivity index (χ4v) is 1.42. The van der Waals surface area contributed by atoms with E-state index < -0.39 is 45.5 Å². The molecule has 1 aromatic carbocycles. The van der Waals surface area contributed by atoms with Crippen molar-refractivity contribution in [2.75, 3.05) is 5.32 Å². The van der Waals surface area contributed by atoms with Crippen LogP contribution in [0.3, 0.4) is 0 Å². The number of hydrogen-bond donors (Lipinski definition) is 1. The van der Waals surface area contributed by atoms with Crippen molar-refractivity contribution in [3.05, 3.63) is 39.3 Å². The number of nitro groups is 1. The fourth-order valence-electron chi connectivity index (χ4n) is 1.42. The Morgan fingerprint density at radius 1 is 1.21 bits per heavy atom. The minimum Gasteiger partial charge on any atom is -0.400 e. The topological polar surface area (TPSA) is 136 Å². The first-order valence-electron chi connectivity index (χ1n) is 5.58. The molecule has 0 radical (unpaired) electrons. The van der Waals surface area contributed by atoms with Gasteiger partial charge in [-0.2, -0.15) is 20.2 Å². The molecule has 0 heterocycles. The molecule has 0 atom stereocenters. The number of halogens is 4. The number of hydrogen-bond acceptors (Lipinski definition) is 7. The van der Waals surface area contributed by atoms with Crippen LogP contribution in [0.4, 0.5) is 28.9 Å². The second-order valence-electron chi connectivity index (χ2n) is 3.79. The number of ether oxygens (including phenoxy) is 1. The van der Waals surface area contributed by atoms with Crippen molar-refractivity contribution in [3.63, 3.8) is 0 Å². The van der Waals surface area contributed by atoms with Crippen LogP contribution < -0.4 is 10.1 Å². The smallest absolute Gasteiger partial charge is 0.400 e. The van der Waals surface area contributed by atoms with Crippen LogP contribution in [0.15, 0.2) is 23.4 Å². The van der Waals surface area contributed by atoms with Crippen LogP contribution >= 0.6 is 0 Å². The fraction of sp³-hybridized carbons (Fsp3) is 0.0833. The van der Waals surface area contributed by atoms with Crippen molar-refractivity contribution in [2.24, 2.45) is 0 Å². The second kappa shape index (κ2) is 6.94. The summed E-state index contributed by atoms with van der Waals surface area (Å²) in [6.45, 7) is 0. The van der Waals surface area contributed by atoms with Gasteiger partial charge in [-0.3, -0.25) is 10.1 Å². The van der Waals surface area contributed by atoms with E-state index in [9.17, 15) is 27.7 Å². The van der Waals surface area contributed by atoms with Gasteiger partial charge in [0.15, 0.2) is 11.3 Å². The van der Waals surface area contributed by atoms with Gasteiger partial charge in [0.2, 0.25) is 5.82 Å². The summed E-state index contributed by atoms with van der Waals surface area (Å²) in [6.07, 6.45) is -5.39. The summed E-state index contributed by atoms with van der Waals surface area (Å²) < 4.78 is 54.4. The van der Waals surface area contributed by atoms with E-state index in [1.165, 1.54) is 18.2 Å². The third-order valence-corrected chi connectivity index (χ3v) is 2.34. The lowest BCUT2D eigenvalue weighted by molar-refractivity contribution is -0.387. The molecule has 0 aliphatic rings. The van der Waals surface area contributed by atoms with E-state index in [2.05, 4.69) is 4.74 Å². The van der Waals surface area contributed by atoms with Crippen molar-refractivity contribution in [2.45, 2.75) is 6.36 Å². The average Bonchev–Trinajstić information content (AvgIpc) is 2.49. The summed E-state index contributed by atoms with van der Waals surface area (Å²) in [6, 6.07) is 5.09. The summed E-state index contributed by atoms with van der Waals surface area (Å²) in [5, 5.41) is 38.6. The lowest BCUT2D eigenvalue weighted by Gasteiger charge is -2.14. The van der Waals surface area contributed by atoms with Crippen molar-refractivity contribution in [3.8, 4) is 24.0 Å². The molecule has 1 aromatic rings. The SMILES string of the molecule is N#CC(C#N)=C(C#N)Nc1ccc([N+](=O)[O-])c(F)c1OC(F)(F)F. The molecule has 0 aliphatic carbocycles. The quantitative estimate of drug-likeness (QED) is 0.385. The Morgan fingerprint density at radius 2 is 1.79 bits per heavy atom. The highest BCUT2D eigenvalue weighted by Gasteiger charge is 2.36. The molecule has 0 fully saturated rings. The molecule has 0 aliphatic heterocycles. The monoisotopic (exact) mass is 341 g/mol. The van der Waals surface area contributed by atoms with Gasteiger partial charge in [0.25, 0.3) is 0 Å². The van der Waals surface area contributed by atoms with Crippen molar-refractivity contribution < 1.29 is 27.2 Å². The normalized spacial score (nSPS) is 9.88. The van der Waals surface area contributed by atoms with Crippen molar-refractivity contribution in [1.29, 1.82) is 15.8 Å². The molecular weight excluding hydrogens is 338 g/mol. The van der Waals surface area contributed by atoms with Gasteiger partial charge in [-0.05, 0) is 6.07 Å². The second-order valence-corrected chi connectivity index (χ2v) is 3.79. The minimum atomic E-state index is -5.39. The van der Waals surface area contributed by atoms with Gasteiger partial charge in [0.1, 0.15) is 23.9 Å². The number of allylic oxidation sites excluding steroid dienone is 2. The van der Waals surface area contributed by atoms with Crippen LogP contribution in [0.1, 0.15) is 0 Å². The summed E-state index contributed by atoms with van der Waals surface area (Å²) in [7, 11) is 0. The highest BCUT2D eigenvalue weighted by Crippen LogP contribution is 2.38. The van der Waals surface area contributed by atoms with E-state index in [1.54, 1.807) is 0 Å². The number of anilines is 1. The van der Waals surface area contributed by atoms with Gasteiger partial charge in [-0.25, -0.2) is 0 Å². The lowest BCUT2D eigenvalue weighted by Crippen LogP contribution is -2.19. The van der Waals surface area contributed by atoms with Crippen LogP contribution in [0, 0.1) is 49.9 Å². The molecule has 1 rings (SSSR count). The number of nitriles is 3. The van der Waals surface area contributed by atoms with Crippen LogP contribution in [0.2, 0.25) is 0 Å². The van der Waals surface area contributed by atoms with Crippen LogP contribution in [0.25, 0.3) is 0 Å². The van der Waals surface area contributed by atoms with Gasteiger partial charge in [-0.1, -0.05) is 0 Å². The van der Waals surface area contributed by atoms with E-state index >= 15 is 0 Å². The molecule has 12 heteroatoms. The summed E-state index contributed by atoms with van der Waals surface area (Å²) in [5.41, 5.74) is -3.73. The number of benzene rings is 1. The summed E-state index contributed by atoms with van der Waals surface area (Å²) in [5.74, 6) is -3.56. The summed E-state index contributed by atoms with van der Waals surface area (Å²) >= 11 is 0. The Labute approximate surface area is 130 Å². The molecule has 0 unspecified atom stereocenters. The first-order valence-corrected chi connectivity index (χ1v) is 5.58. The Balaban J connectivity index is 3.55. The number of alkyl halides is 3. The zero-order chi connectivity index (χ0) is 18.5. The Kier molecular flexibility index (Phi) is 5.26. The number of nitro benzene ring substituents is 1. The molecule has 1 N–H and O–H groups in total. The maximum absolute atomic E-state index is 13.9. The molecule has 8 nitrogen and oxygen atoms in total. The van der Waals surface area contributed by atoms with E-state index in [1.807, 2.05) is 5.32 Å². The number of nitrogens with zero attached hydrogens (tertiary/aromatic N) is 4. The molecule has 24 heavy (non-hydrogen) atoms. The van der Waals surface area contributed by atoms with Gasteiger partial charge >= 0.3 is 12.0 Å². The molecule has 122 valence electrons. The Bertz CT molecular complexity index is 826. The third-order valence-electron chi connectivity index (χ3n) is 2.34. The molecule has 0 bridgehead atoms. The van der Waals surface area contributed by atoms with Crippen molar-refractivity contribution >= 4 is 11.4 Å². The molecule has 0 spiro atoms. The zero-order valence-electron chi connectivity index (χ0n) is 11.2. The third kappa shape index (κ3) is 4.08. The van der Waals surface area contributed by atoms with E-state index in [4.69, 9.17) is 15.8 Å². The van der Waals surface area contributed by atoms with Crippen LogP contribution in [0.5, 0.6) is 5.75 Å². The van der Waals surface area contributed by atoms with Crippen molar-refractivity contribution in [1.82, 2.24) is 0 Å². The predicted molar refractivity (Wildman–Crippen MR) is 67.2 cm³/mol. The van der Waals surface area contributed by atoms with E-state index in [0.717, 1.165) is 0 Å². The minimum absolute atomic E-state index is 0.522. The highest BCUT2D eigenvalue weighted by atomic mass is 19.4.